The number of hydrogen-bond donors (Lipinski definition) is 1. The van der Waals surface area contributed by atoms with E-state index in [0.717, 1.165) is 5.56 Å². The van der Waals surface area contributed by atoms with Crippen molar-refractivity contribution < 1.29 is 9.18 Å². The number of rotatable bonds is 5. The maximum atomic E-state index is 12.8. The average Bonchev–Trinajstić information content (AvgIpc) is 2.48. The zero-order valence-corrected chi connectivity index (χ0v) is 12.5. The lowest BCUT2D eigenvalue weighted by atomic mass is 10.2. The fourth-order valence-corrected chi connectivity index (χ4v) is 1.92. The van der Waals surface area contributed by atoms with Gasteiger partial charge in [0.1, 0.15) is 11.5 Å². The van der Waals surface area contributed by atoms with Gasteiger partial charge in [0.15, 0.2) is 0 Å². The maximum Gasteiger partial charge on any atom is 0.271 e. The summed E-state index contributed by atoms with van der Waals surface area (Å²) in [6, 6.07) is 8.61. The van der Waals surface area contributed by atoms with Gasteiger partial charge in [0.2, 0.25) is 0 Å². The zero-order chi connectivity index (χ0) is 16.1. The summed E-state index contributed by atoms with van der Waals surface area (Å²) in [7, 11) is 0. The van der Waals surface area contributed by atoms with Crippen molar-refractivity contribution in [2.45, 2.75) is 26.9 Å². The molecule has 0 saturated heterocycles. The van der Waals surface area contributed by atoms with Crippen molar-refractivity contribution in [3.63, 3.8) is 0 Å². The van der Waals surface area contributed by atoms with Gasteiger partial charge in [-0.05, 0) is 29.7 Å². The molecule has 0 fully saturated rings. The molecule has 2 rings (SSSR count). The quantitative estimate of drug-likeness (QED) is 0.918. The van der Waals surface area contributed by atoms with E-state index < -0.39 is 0 Å². The summed E-state index contributed by atoms with van der Waals surface area (Å²) in [5.74, 6) is -0.443. The molecule has 0 atom stereocenters. The number of hydrogen-bond acceptors (Lipinski definition) is 3. The fraction of sp³-hybridized carbons (Fsp3) is 0.312. The van der Waals surface area contributed by atoms with Crippen LogP contribution in [0.25, 0.3) is 0 Å². The van der Waals surface area contributed by atoms with Gasteiger partial charge in [-0.15, -0.1) is 0 Å². The molecule has 116 valence electrons. The standard InChI is InChI=1S/C16H18FN3O2/c1-11(2)10-20-15(21)8-7-14(19-20)16(22)18-9-12-3-5-13(17)6-4-12/h3-8,11H,9-10H2,1-2H3,(H,18,22). The van der Waals surface area contributed by atoms with Crippen molar-refractivity contribution in [1.82, 2.24) is 15.1 Å². The van der Waals surface area contributed by atoms with E-state index in [-0.39, 0.29) is 35.4 Å². The number of halogens is 1. The van der Waals surface area contributed by atoms with E-state index in [1.807, 2.05) is 13.8 Å². The summed E-state index contributed by atoms with van der Waals surface area (Å²) in [5.41, 5.74) is 0.733. The van der Waals surface area contributed by atoms with Crippen molar-refractivity contribution in [2.24, 2.45) is 5.92 Å². The molecule has 0 aliphatic rings. The first kappa shape index (κ1) is 15.9. The van der Waals surface area contributed by atoms with Gasteiger partial charge in [-0.25, -0.2) is 9.07 Å². The van der Waals surface area contributed by atoms with Crippen LogP contribution in [0.5, 0.6) is 0 Å². The summed E-state index contributed by atoms with van der Waals surface area (Å²) in [6.07, 6.45) is 0. The monoisotopic (exact) mass is 303 g/mol. The lowest BCUT2D eigenvalue weighted by Gasteiger charge is -2.09. The second-order valence-electron chi connectivity index (χ2n) is 5.44. The van der Waals surface area contributed by atoms with E-state index in [1.54, 1.807) is 12.1 Å². The molecule has 0 saturated carbocycles. The summed E-state index contributed by atoms with van der Waals surface area (Å²) in [4.78, 5) is 23.7. The first-order valence-electron chi connectivity index (χ1n) is 7.06. The Morgan fingerprint density at radius 2 is 1.91 bits per heavy atom. The SMILES string of the molecule is CC(C)Cn1nc(C(=O)NCc2ccc(F)cc2)ccc1=O. The number of carbonyl (C=O) groups excluding carboxylic acids is 1. The van der Waals surface area contributed by atoms with Crippen molar-refractivity contribution in [3.8, 4) is 0 Å². The highest BCUT2D eigenvalue weighted by Crippen LogP contribution is 2.03. The van der Waals surface area contributed by atoms with E-state index in [0.29, 0.717) is 6.54 Å². The van der Waals surface area contributed by atoms with Crippen molar-refractivity contribution >= 4 is 5.91 Å². The summed E-state index contributed by atoms with van der Waals surface area (Å²) in [5, 5.41) is 6.77. The predicted molar refractivity (Wildman–Crippen MR) is 80.9 cm³/mol. The average molecular weight is 303 g/mol. The summed E-state index contributed by atoms with van der Waals surface area (Å²) < 4.78 is 14.1. The highest BCUT2D eigenvalue weighted by Gasteiger charge is 2.10. The number of carbonyl (C=O) groups is 1. The van der Waals surface area contributed by atoms with E-state index >= 15 is 0 Å². The van der Waals surface area contributed by atoms with Gasteiger partial charge in [0.25, 0.3) is 11.5 Å². The Labute approximate surface area is 127 Å². The van der Waals surface area contributed by atoms with Gasteiger partial charge in [-0.3, -0.25) is 9.59 Å². The molecule has 1 aromatic carbocycles. The molecular formula is C16H18FN3O2. The van der Waals surface area contributed by atoms with Crippen molar-refractivity contribution in [2.75, 3.05) is 0 Å². The van der Waals surface area contributed by atoms with Crippen LogP contribution in [0.3, 0.4) is 0 Å². The number of benzene rings is 1. The molecule has 0 radical (unpaired) electrons. The first-order valence-corrected chi connectivity index (χ1v) is 7.06. The summed E-state index contributed by atoms with van der Waals surface area (Å²) in [6.45, 7) is 4.66. The third-order valence-corrected chi connectivity index (χ3v) is 3.00. The van der Waals surface area contributed by atoms with Crippen LogP contribution in [-0.4, -0.2) is 15.7 Å². The third kappa shape index (κ3) is 4.25. The van der Waals surface area contributed by atoms with Crippen LogP contribution in [0.2, 0.25) is 0 Å². The second-order valence-corrected chi connectivity index (χ2v) is 5.44. The molecule has 1 aromatic heterocycles. The Bertz CT molecular complexity index is 708. The highest BCUT2D eigenvalue weighted by molar-refractivity contribution is 5.91. The Morgan fingerprint density at radius 3 is 2.55 bits per heavy atom. The van der Waals surface area contributed by atoms with Crippen LogP contribution >= 0.6 is 0 Å². The van der Waals surface area contributed by atoms with Crippen LogP contribution in [0.4, 0.5) is 4.39 Å². The van der Waals surface area contributed by atoms with Gasteiger partial charge >= 0.3 is 0 Å². The molecule has 0 bridgehead atoms. The molecule has 22 heavy (non-hydrogen) atoms. The van der Waals surface area contributed by atoms with Crippen LogP contribution in [-0.2, 0) is 13.1 Å². The van der Waals surface area contributed by atoms with Crippen molar-refractivity contribution in [3.05, 3.63) is 63.8 Å². The molecule has 1 N–H and O–H groups in total. The Balaban J connectivity index is 2.06. The molecule has 6 heteroatoms. The highest BCUT2D eigenvalue weighted by atomic mass is 19.1. The topological polar surface area (TPSA) is 64.0 Å². The number of amides is 1. The molecular weight excluding hydrogens is 285 g/mol. The first-order chi connectivity index (χ1) is 10.5. The van der Waals surface area contributed by atoms with Gasteiger partial charge < -0.3 is 5.32 Å². The lowest BCUT2D eigenvalue weighted by molar-refractivity contribution is 0.0943. The zero-order valence-electron chi connectivity index (χ0n) is 12.5. The lowest BCUT2D eigenvalue weighted by Crippen LogP contribution is -2.30. The predicted octanol–water partition coefficient (Wildman–Crippen LogP) is 1.97. The van der Waals surface area contributed by atoms with Crippen LogP contribution in [0.15, 0.2) is 41.2 Å². The number of aromatic nitrogens is 2. The molecule has 0 aliphatic heterocycles. The van der Waals surface area contributed by atoms with E-state index in [4.69, 9.17) is 0 Å². The van der Waals surface area contributed by atoms with Gasteiger partial charge in [0.05, 0.1) is 0 Å². The van der Waals surface area contributed by atoms with Crippen LogP contribution in [0, 0.1) is 11.7 Å². The third-order valence-electron chi connectivity index (χ3n) is 3.00. The largest absolute Gasteiger partial charge is 0.347 e. The van der Waals surface area contributed by atoms with E-state index in [1.165, 1.54) is 28.9 Å². The van der Waals surface area contributed by atoms with E-state index in [2.05, 4.69) is 10.4 Å². The minimum atomic E-state index is -0.373. The fourth-order valence-electron chi connectivity index (χ4n) is 1.92. The molecule has 5 nitrogen and oxygen atoms in total. The molecule has 1 heterocycles. The van der Waals surface area contributed by atoms with Gasteiger partial charge in [-0.1, -0.05) is 26.0 Å². The van der Waals surface area contributed by atoms with Crippen LogP contribution in [0.1, 0.15) is 29.9 Å². The minimum Gasteiger partial charge on any atom is -0.347 e. The normalized spacial score (nSPS) is 10.7. The maximum absolute atomic E-state index is 12.8. The van der Waals surface area contributed by atoms with Gasteiger partial charge in [0, 0.05) is 19.2 Å². The summed E-state index contributed by atoms with van der Waals surface area (Å²) >= 11 is 0. The Kier molecular flexibility index (Phi) is 5.04. The number of nitrogens with zero attached hydrogens (tertiary/aromatic N) is 2. The number of nitrogens with one attached hydrogen (secondary N) is 1. The minimum absolute atomic E-state index is 0.183. The molecule has 2 aromatic rings. The molecule has 0 unspecified atom stereocenters. The smallest absolute Gasteiger partial charge is 0.271 e. The Morgan fingerprint density at radius 1 is 1.23 bits per heavy atom. The molecule has 1 amide bonds. The molecule has 0 spiro atoms. The molecule has 0 aliphatic carbocycles. The van der Waals surface area contributed by atoms with Crippen LogP contribution < -0.4 is 10.9 Å². The Hall–Kier alpha value is -2.50. The second kappa shape index (κ2) is 6.98. The van der Waals surface area contributed by atoms with Crippen molar-refractivity contribution in [1.29, 1.82) is 0 Å². The van der Waals surface area contributed by atoms with Gasteiger partial charge in [-0.2, -0.15) is 5.10 Å². The van der Waals surface area contributed by atoms with E-state index in [9.17, 15) is 14.0 Å².